The molecule has 0 saturated carbocycles. The quantitative estimate of drug-likeness (QED) is 0.723. The fourth-order valence-corrected chi connectivity index (χ4v) is 3.09. The number of carbonyl (C=O) groups excluding carboxylic acids is 2. The molecule has 1 fully saturated rings. The number of halogens is 2. The minimum atomic E-state index is -0.0465. The summed E-state index contributed by atoms with van der Waals surface area (Å²) < 4.78 is 1.84. The van der Waals surface area contributed by atoms with Crippen LogP contribution in [0.2, 0.25) is 0 Å². The highest BCUT2D eigenvalue weighted by atomic mass is 127. The summed E-state index contributed by atoms with van der Waals surface area (Å²) in [6, 6.07) is 5.78. The van der Waals surface area contributed by atoms with E-state index in [1.54, 1.807) is 4.90 Å². The maximum absolute atomic E-state index is 12.4. The Kier molecular flexibility index (Phi) is 4.83. The Morgan fingerprint density at radius 2 is 2.21 bits per heavy atom. The van der Waals surface area contributed by atoms with E-state index in [4.69, 9.17) is 0 Å². The zero-order valence-electron chi connectivity index (χ0n) is 10.5. The van der Waals surface area contributed by atoms with E-state index in [2.05, 4.69) is 43.8 Å². The lowest BCUT2D eigenvalue weighted by Gasteiger charge is -2.17. The van der Waals surface area contributed by atoms with Crippen LogP contribution in [0.5, 0.6) is 0 Å². The van der Waals surface area contributed by atoms with Gasteiger partial charge < -0.3 is 10.2 Å². The molecule has 1 atom stereocenters. The number of carbonyl (C=O) groups is 2. The van der Waals surface area contributed by atoms with Crippen molar-refractivity contribution >= 4 is 50.3 Å². The lowest BCUT2D eigenvalue weighted by Crippen LogP contribution is -2.37. The van der Waals surface area contributed by atoms with Gasteiger partial charge >= 0.3 is 0 Å². The highest BCUT2D eigenvalue weighted by molar-refractivity contribution is 14.1. The average molecular weight is 437 g/mol. The summed E-state index contributed by atoms with van der Waals surface area (Å²) in [6.45, 7) is 2.76. The van der Waals surface area contributed by atoms with Gasteiger partial charge in [-0.3, -0.25) is 9.59 Å². The monoisotopic (exact) mass is 436 g/mol. The zero-order valence-corrected chi connectivity index (χ0v) is 14.2. The molecule has 0 radical (unpaired) electrons. The summed E-state index contributed by atoms with van der Waals surface area (Å²) in [5.41, 5.74) is 0.676. The second-order valence-corrected chi connectivity index (χ2v) is 6.66. The van der Waals surface area contributed by atoms with Crippen molar-refractivity contribution in [1.82, 2.24) is 10.2 Å². The molecule has 4 nitrogen and oxygen atoms in total. The SMILES string of the molecule is CC(=O)NC1CCN(C(=O)c2cc(I)ccc2Br)C1. The van der Waals surface area contributed by atoms with Crippen LogP contribution in [0, 0.1) is 3.57 Å². The highest BCUT2D eigenvalue weighted by Gasteiger charge is 2.28. The molecule has 1 aromatic carbocycles. The van der Waals surface area contributed by atoms with Crippen molar-refractivity contribution in [2.45, 2.75) is 19.4 Å². The van der Waals surface area contributed by atoms with Crippen LogP contribution < -0.4 is 5.32 Å². The van der Waals surface area contributed by atoms with Crippen LogP contribution in [0.1, 0.15) is 23.7 Å². The first-order chi connectivity index (χ1) is 8.97. The molecule has 2 rings (SSSR count). The van der Waals surface area contributed by atoms with Crippen molar-refractivity contribution < 1.29 is 9.59 Å². The van der Waals surface area contributed by atoms with Crippen LogP contribution in [0.4, 0.5) is 0 Å². The molecule has 0 bridgehead atoms. The number of benzene rings is 1. The Bertz CT molecular complexity index is 521. The fourth-order valence-electron chi connectivity index (χ4n) is 2.18. The third kappa shape index (κ3) is 3.68. The predicted molar refractivity (Wildman–Crippen MR) is 85.0 cm³/mol. The number of rotatable bonds is 2. The molecule has 1 aliphatic rings. The van der Waals surface area contributed by atoms with Crippen LogP contribution >= 0.6 is 38.5 Å². The standard InChI is InChI=1S/C13H14BrIN2O2/c1-8(18)16-10-4-5-17(7-10)13(19)11-6-9(15)2-3-12(11)14/h2-3,6,10H,4-5,7H2,1H3,(H,16,18). The number of hydrogen-bond acceptors (Lipinski definition) is 2. The van der Waals surface area contributed by atoms with E-state index in [-0.39, 0.29) is 17.9 Å². The fraction of sp³-hybridized carbons (Fsp3) is 0.385. The normalized spacial score (nSPS) is 18.5. The molecule has 0 spiro atoms. The van der Waals surface area contributed by atoms with E-state index in [1.165, 1.54) is 6.92 Å². The lowest BCUT2D eigenvalue weighted by molar-refractivity contribution is -0.119. The number of amides is 2. The molecule has 1 saturated heterocycles. The predicted octanol–water partition coefficient (Wildman–Crippen LogP) is 2.40. The Morgan fingerprint density at radius 1 is 1.47 bits per heavy atom. The average Bonchev–Trinajstić information content (AvgIpc) is 2.79. The van der Waals surface area contributed by atoms with E-state index in [9.17, 15) is 9.59 Å². The third-order valence-electron chi connectivity index (χ3n) is 3.04. The summed E-state index contributed by atoms with van der Waals surface area (Å²) >= 11 is 5.60. The first-order valence-electron chi connectivity index (χ1n) is 5.99. The highest BCUT2D eigenvalue weighted by Crippen LogP contribution is 2.23. The van der Waals surface area contributed by atoms with Crippen molar-refractivity contribution in [2.24, 2.45) is 0 Å². The summed E-state index contributed by atoms with van der Waals surface area (Å²) in [5, 5.41) is 2.86. The number of nitrogens with one attached hydrogen (secondary N) is 1. The molecule has 1 aliphatic heterocycles. The molecule has 1 aromatic rings. The maximum atomic E-state index is 12.4. The van der Waals surface area contributed by atoms with Crippen molar-refractivity contribution in [3.63, 3.8) is 0 Å². The molecule has 102 valence electrons. The van der Waals surface area contributed by atoms with Gasteiger partial charge in [0.2, 0.25) is 5.91 Å². The Balaban J connectivity index is 2.09. The number of nitrogens with zero attached hydrogens (tertiary/aromatic N) is 1. The van der Waals surface area contributed by atoms with Gasteiger partial charge in [0.05, 0.1) is 5.56 Å². The molecule has 1 heterocycles. The topological polar surface area (TPSA) is 49.4 Å². The first-order valence-corrected chi connectivity index (χ1v) is 7.86. The molecule has 2 amide bonds. The van der Waals surface area contributed by atoms with Crippen LogP contribution in [0.3, 0.4) is 0 Å². The second kappa shape index (κ2) is 6.21. The van der Waals surface area contributed by atoms with Crippen LogP contribution in [-0.4, -0.2) is 35.8 Å². The van der Waals surface area contributed by atoms with Gasteiger partial charge in [0.1, 0.15) is 0 Å². The third-order valence-corrected chi connectivity index (χ3v) is 4.40. The molecule has 0 aromatic heterocycles. The Morgan fingerprint density at radius 3 is 2.89 bits per heavy atom. The molecule has 1 unspecified atom stereocenters. The van der Waals surface area contributed by atoms with Crippen molar-refractivity contribution in [3.8, 4) is 0 Å². The van der Waals surface area contributed by atoms with Crippen molar-refractivity contribution in [2.75, 3.05) is 13.1 Å². The van der Waals surface area contributed by atoms with Gasteiger partial charge in [0, 0.05) is 34.1 Å². The maximum Gasteiger partial charge on any atom is 0.255 e. The summed E-state index contributed by atoms with van der Waals surface area (Å²) in [7, 11) is 0. The zero-order chi connectivity index (χ0) is 14.0. The molecular weight excluding hydrogens is 423 g/mol. The van der Waals surface area contributed by atoms with Gasteiger partial charge in [-0.1, -0.05) is 0 Å². The first kappa shape index (κ1) is 14.8. The summed E-state index contributed by atoms with van der Waals surface area (Å²) in [6.07, 6.45) is 0.812. The van der Waals surface area contributed by atoms with Crippen molar-refractivity contribution in [3.05, 3.63) is 31.8 Å². The Hall–Kier alpha value is -0.630. The Labute approximate surface area is 134 Å². The molecule has 19 heavy (non-hydrogen) atoms. The second-order valence-electron chi connectivity index (χ2n) is 4.56. The van der Waals surface area contributed by atoms with E-state index < -0.39 is 0 Å². The van der Waals surface area contributed by atoms with E-state index >= 15 is 0 Å². The molecule has 6 heteroatoms. The number of hydrogen-bond donors (Lipinski definition) is 1. The molecule has 1 N–H and O–H groups in total. The van der Waals surface area contributed by atoms with Gasteiger partial charge in [-0.15, -0.1) is 0 Å². The summed E-state index contributed by atoms with van der Waals surface area (Å²) in [5.74, 6) is -0.0343. The molecular formula is C13H14BrIN2O2. The lowest BCUT2D eigenvalue weighted by atomic mass is 10.2. The van der Waals surface area contributed by atoms with Gasteiger partial charge in [0.15, 0.2) is 0 Å². The smallest absolute Gasteiger partial charge is 0.255 e. The van der Waals surface area contributed by atoms with E-state index in [1.807, 2.05) is 18.2 Å². The number of likely N-dealkylation sites (tertiary alicyclic amines) is 1. The van der Waals surface area contributed by atoms with Crippen molar-refractivity contribution in [1.29, 1.82) is 0 Å². The van der Waals surface area contributed by atoms with E-state index in [0.29, 0.717) is 18.7 Å². The van der Waals surface area contributed by atoms with Gasteiger partial charge in [0.25, 0.3) is 5.91 Å². The largest absolute Gasteiger partial charge is 0.352 e. The minimum Gasteiger partial charge on any atom is -0.352 e. The molecule has 0 aliphatic carbocycles. The summed E-state index contributed by atoms with van der Waals surface area (Å²) in [4.78, 5) is 25.2. The van der Waals surface area contributed by atoms with Gasteiger partial charge in [-0.05, 0) is 63.1 Å². The van der Waals surface area contributed by atoms with Crippen LogP contribution in [0.25, 0.3) is 0 Å². The van der Waals surface area contributed by atoms with E-state index in [0.717, 1.165) is 14.5 Å². The van der Waals surface area contributed by atoms with Crippen LogP contribution in [-0.2, 0) is 4.79 Å². The minimum absolute atomic E-state index is 0.0123. The van der Waals surface area contributed by atoms with Gasteiger partial charge in [-0.25, -0.2) is 0 Å². The van der Waals surface area contributed by atoms with Gasteiger partial charge in [-0.2, -0.15) is 0 Å². The van der Waals surface area contributed by atoms with Crippen LogP contribution in [0.15, 0.2) is 22.7 Å².